The van der Waals surface area contributed by atoms with Gasteiger partial charge in [-0.25, -0.2) is 8.42 Å². The standard InChI is InChI=1S/C19H17N3O4S/c1-14(23)21-15-8-10-17(11-9-15)27(24,25)22-18-6-2-3-7-19(18)26-16-5-4-12-20-13-16/h2-13,22H,1H3,(H,21,23). The number of anilines is 2. The number of rotatable bonds is 6. The van der Waals surface area contributed by atoms with Gasteiger partial charge in [-0.3, -0.25) is 14.5 Å². The minimum absolute atomic E-state index is 0.0628. The van der Waals surface area contributed by atoms with Gasteiger partial charge in [0.15, 0.2) is 5.75 Å². The summed E-state index contributed by atoms with van der Waals surface area (Å²) in [6, 6.07) is 16.0. The number of carbonyl (C=O) groups excluding carboxylic acids is 1. The number of nitrogens with one attached hydrogen (secondary N) is 2. The molecule has 0 saturated carbocycles. The first kappa shape index (κ1) is 18.4. The highest BCUT2D eigenvalue weighted by molar-refractivity contribution is 7.92. The second kappa shape index (κ2) is 7.88. The van der Waals surface area contributed by atoms with Gasteiger partial charge in [0, 0.05) is 18.8 Å². The van der Waals surface area contributed by atoms with Gasteiger partial charge in [-0.1, -0.05) is 12.1 Å². The Morgan fingerprint density at radius 3 is 2.41 bits per heavy atom. The van der Waals surface area contributed by atoms with Crippen molar-refractivity contribution in [1.29, 1.82) is 0 Å². The molecule has 1 aromatic heterocycles. The van der Waals surface area contributed by atoms with E-state index in [9.17, 15) is 13.2 Å². The lowest BCUT2D eigenvalue weighted by Crippen LogP contribution is -2.14. The van der Waals surface area contributed by atoms with E-state index in [1.807, 2.05) is 0 Å². The Bertz CT molecular complexity index is 1040. The van der Waals surface area contributed by atoms with Crippen LogP contribution in [0.4, 0.5) is 11.4 Å². The van der Waals surface area contributed by atoms with Crippen LogP contribution in [0.25, 0.3) is 0 Å². The fourth-order valence-corrected chi connectivity index (χ4v) is 3.37. The number of nitrogens with zero attached hydrogens (tertiary/aromatic N) is 1. The number of amides is 1. The highest BCUT2D eigenvalue weighted by Crippen LogP contribution is 2.30. The molecule has 0 unspecified atom stereocenters. The van der Waals surface area contributed by atoms with E-state index in [-0.39, 0.29) is 10.8 Å². The van der Waals surface area contributed by atoms with Gasteiger partial charge >= 0.3 is 0 Å². The van der Waals surface area contributed by atoms with Crippen molar-refractivity contribution >= 4 is 27.3 Å². The molecule has 0 bridgehead atoms. The Hall–Kier alpha value is -3.39. The Balaban J connectivity index is 1.83. The number of para-hydroxylation sites is 2. The molecule has 0 spiro atoms. The molecule has 0 aliphatic rings. The lowest BCUT2D eigenvalue weighted by Gasteiger charge is -2.13. The number of pyridine rings is 1. The summed E-state index contributed by atoms with van der Waals surface area (Å²) >= 11 is 0. The highest BCUT2D eigenvalue weighted by atomic mass is 32.2. The van der Waals surface area contributed by atoms with E-state index in [0.29, 0.717) is 22.9 Å². The molecule has 0 radical (unpaired) electrons. The van der Waals surface area contributed by atoms with Crippen LogP contribution in [0, 0.1) is 0 Å². The Labute approximate surface area is 157 Å². The van der Waals surface area contributed by atoms with Gasteiger partial charge in [-0.2, -0.15) is 0 Å². The molecule has 0 fully saturated rings. The first-order valence-corrected chi connectivity index (χ1v) is 9.50. The van der Waals surface area contributed by atoms with E-state index in [1.54, 1.807) is 42.6 Å². The first-order chi connectivity index (χ1) is 12.9. The average Bonchev–Trinajstić information content (AvgIpc) is 2.64. The van der Waals surface area contributed by atoms with Gasteiger partial charge in [0.2, 0.25) is 5.91 Å². The molecular weight excluding hydrogens is 366 g/mol. The number of carbonyl (C=O) groups is 1. The zero-order valence-electron chi connectivity index (χ0n) is 14.4. The molecule has 0 aliphatic heterocycles. The molecule has 8 heteroatoms. The van der Waals surface area contributed by atoms with Crippen LogP contribution in [0.3, 0.4) is 0 Å². The summed E-state index contributed by atoms with van der Waals surface area (Å²) in [6.07, 6.45) is 3.15. The maximum Gasteiger partial charge on any atom is 0.262 e. The van der Waals surface area contributed by atoms with Gasteiger partial charge in [0.05, 0.1) is 16.8 Å². The number of aromatic nitrogens is 1. The minimum atomic E-state index is -3.83. The number of hydrogen-bond donors (Lipinski definition) is 2. The summed E-state index contributed by atoms with van der Waals surface area (Å²) in [4.78, 5) is 15.1. The average molecular weight is 383 g/mol. The fraction of sp³-hybridized carbons (Fsp3) is 0.0526. The fourth-order valence-electron chi connectivity index (χ4n) is 2.30. The smallest absolute Gasteiger partial charge is 0.262 e. The number of benzene rings is 2. The summed E-state index contributed by atoms with van der Waals surface area (Å²) in [7, 11) is -3.83. The summed E-state index contributed by atoms with van der Waals surface area (Å²) < 4.78 is 33.6. The molecule has 0 saturated heterocycles. The topological polar surface area (TPSA) is 97.4 Å². The summed E-state index contributed by atoms with van der Waals surface area (Å²) in [5.41, 5.74) is 0.814. The zero-order chi connectivity index (χ0) is 19.3. The predicted octanol–water partition coefficient (Wildman–Crippen LogP) is 3.63. The van der Waals surface area contributed by atoms with Gasteiger partial charge in [-0.05, 0) is 48.5 Å². The van der Waals surface area contributed by atoms with Crippen LogP contribution in [0.15, 0.2) is 78.0 Å². The van der Waals surface area contributed by atoms with Gasteiger partial charge in [0.1, 0.15) is 5.75 Å². The molecule has 27 heavy (non-hydrogen) atoms. The highest BCUT2D eigenvalue weighted by Gasteiger charge is 2.17. The molecule has 2 aromatic carbocycles. The van der Waals surface area contributed by atoms with Gasteiger partial charge in [0.25, 0.3) is 10.0 Å². The molecule has 0 atom stereocenters. The third kappa shape index (κ3) is 4.83. The van der Waals surface area contributed by atoms with E-state index in [4.69, 9.17) is 4.74 Å². The Morgan fingerprint density at radius 2 is 1.74 bits per heavy atom. The van der Waals surface area contributed by atoms with Crippen molar-refractivity contribution in [3.8, 4) is 11.5 Å². The number of hydrogen-bond acceptors (Lipinski definition) is 5. The molecule has 7 nitrogen and oxygen atoms in total. The van der Waals surface area contributed by atoms with E-state index in [0.717, 1.165) is 0 Å². The van der Waals surface area contributed by atoms with Gasteiger partial charge < -0.3 is 10.1 Å². The molecule has 2 N–H and O–H groups in total. The Morgan fingerprint density at radius 1 is 1.00 bits per heavy atom. The van der Waals surface area contributed by atoms with Crippen LogP contribution in [-0.4, -0.2) is 19.3 Å². The SMILES string of the molecule is CC(=O)Nc1ccc(S(=O)(=O)Nc2ccccc2Oc2cccnc2)cc1. The molecule has 1 amide bonds. The maximum atomic E-state index is 12.7. The third-order valence-electron chi connectivity index (χ3n) is 3.48. The maximum absolute atomic E-state index is 12.7. The van der Waals surface area contributed by atoms with Crippen molar-refractivity contribution in [2.75, 3.05) is 10.0 Å². The van der Waals surface area contributed by atoms with Crippen molar-refractivity contribution in [2.24, 2.45) is 0 Å². The quantitative estimate of drug-likeness (QED) is 0.677. The van der Waals surface area contributed by atoms with Crippen LogP contribution >= 0.6 is 0 Å². The van der Waals surface area contributed by atoms with Crippen LogP contribution in [0.2, 0.25) is 0 Å². The van der Waals surface area contributed by atoms with Crippen molar-refractivity contribution < 1.29 is 17.9 Å². The monoisotopic (exact) mass is 383 g/mol. The minimum Gasteiger partial charge on any atom is -0.454 e. The van der Waals surface area contributed by atoms with Crippen molar-refractivity contribution in [3.63, 3.8) is 0 Å². The van der Waals surface area contributed by atoms with Crippen LogP contribution < -0.4 is 14.8 Å². The second-order valence-electron chi connectivity index (χ2n) is 5.60. The first-order valence-electron chi connectivity index (χ1n) is 8.01. The second-order valence-corrected chi connectivity index (χ2v) is 7.28. The van der Waals surface area contributed by atoms with E-state index >= 15 is 0 Å². The number of sulfonamides is 1. The molecule has 3 rings (SSSR count). The molecule has 3 aromatic rings. The summed E-state index contributed by atoms with van der Waals surface area (Å²) in [5.74, 6) is 0.609. The molecular formula is C19H17N3O4S. The van der Waals surface area contributed by atoms with Crippen LogP contribution in [0.5, 0.6) is 11.5 Å². The number of ether oxygens (including phenoxy) is 1. The van der Waals surface area contributed by atoms with Crippen molar-refractivity contribution in [2.45, 2.75) is 11.8 Å². The summed E-state index contributed by atoms with van der Waals surface area (Å²) in [6.45, 7) is 1.38. The normalized spacial score (nSPS) is 10.9. The summed E-state index contributed by atoms with van der Waals surface area (Å²) in [5, 5.41) is 2.59. The van der Waals surface area contributed by atoms with E-state index in [2.05, 4.69) is 15.0 Å². The Kier molecular flexibility index (Phi) is 5.37. The van der Waals surface area contributed by atoms with Crippen molar-refractivity contribution in [3.05, 3.63) is 73.1 Å². The van der Waals surface area contributed by atoms with Crippen LogP contribution in [-0.2, 0) is 14.8 Å². The molecule has 0 aliphatic carbocycles. The zero-order valence-corrected chi connectivity index (χ0v) is 15.2. The van der Waals surface area contributed by atoms with E-state index < -0.39 is 10.0 Å². The van der Waals surface area contributed by atoms with Crippen LogP contribution in [0.1, 0.15) is 6.92 Å². The van der Waals surface area contributed by atoms with Gasteiger partial charge in [-0.15, -0.1) is 0 Å². The lowest BCUT2D eigenvalue weighted by molar-refractivity contribution is -0.114. The molecule has 1 heterocycles. The predicted molar refractivity (Wildman–Crippen MR) is 102 cm³/mol. The molecule has 138 valence electrons. The van der Waals surface area contributed by atoms with E-state index in [1.165, 1.54) is 37.4 Å². The lowest BCUT2D eigenvalue weighted by atomic mass is 10.3. The van der Waals surface area contributed by atoms with Crippen molar-refractivity contribution in [1.82, 2.24) is 4.98 Å². The largest absolute Gasteiger partial charge is 0.454 e. The third-order valence-corrected chi connectivity index (χ3v) is 4.86.